The molecule has 0 saturated carbocycles. The van der Waals surface area contributed by atoms with Gasteiger partial charge in [-0.25, -0.2) is 0 Å². The van der Waals surface area contributed by atoms with Gasteiger partial charge >= 0.3 is 0 Å². The number of nitrogens with two attached hydrogens (primary N) is 1. The molecule has 0 amide bonds. The topological polar surface area (TPSA) is 56.5 Å². The van der Waals surface area contributed by atoms with E-state index >= 15 is 0 Å². The van der Waals surface area contributed by atoms with Gasteiger partial charge in [-0.2, -0.15) is 0 Å². The molecule has 1 heterocycles. The van der Waals surface area contributed by atoms with Crippen LogP contribution < -0.4 is 16.0 Å². The largest absolute Gasteiger partial charge is 0.493 e. The number of fused-ring (bicyclic) bond motifs is 1. The number of hydrogen-bond donors (Lipinski definition) is 2. The maximum Gasteiger partial charge on any atom is 0.125 e. The molecule has 4 nitrogen and oxygen atoms in total. The Hall–Kier alpha value is -0.810. The highest BCUT2D eigenvalue weighted by molar-refractivity contribution is 6.30. The molecule has 3 N–H and O–H groups in total. The Bertz CT molecular complexity index is 454. The summed E-state index contributed by atoms with van der Waals surface area (Å²) in [5, 5.41) is 0.769. The lowest BCUT2D eigenvalue weighted by Gasteiger charge is -2.19. The molecule has 2 unspecified atom stereocenters. The third kappa shape index (κ3) is 3.85. The van der Waals surface area contributed by atoms with E-state index in [1.807, 2.05) is 12.1 Å². The minimum absolute atomic E-state index is 0.194. The monoisotopic (exact) mass is 298 g/mol. The van der Waals surface area contributed by atoms with Crippen LogP contribution in [0.25, 0.3) is 0 Å². The Kier molecular flexibility index (Phi) is 5.66. The standard InChI is InChI=1S/C15H23ClN2O2/c1-10(19-2)3-4-14(18-17)9-12-8-13(16)7-11-5-6-20-15(11)12/h7-8,10,14,18H,3-6,9,17H2,1-2H3. The molecule has 1 aromatic rings. The average molecular weight is 299 g/mol. The van der Waals surface area contributed by atoms with Crippen molar-refractivity contribution in [2.45, 2.75) is 44.8 Å². The van der Waals surface area contributed by atoms with E-state index in [0.29, 0.717) is 0 Å². The highest BCUT2D eigenvalue weighted by Gasteiger charge is 2.20. The van der Waals surface area contributed by atoms with E-state index < -0.39 is 0 Å². The summed E-state index contributed by atoms with van der Waals surface area (Å²) < 4.78 is 11.0. The van der Waals surface area contributed by atoms with Gasteiger partial charge in [-0.15, -0.1) is 0 Å². The molecule has 0 aliphatic carbocycles. The summed E-state index contributed by atoms with van der Waals surface area (Å²) in [6, 6.07) is 4.17. The van der Waals surface area contributed by atoms with Crippen molar-refractivity contribution < 1.29 is 9.47 Å². The lowest BCUT2D eigenvalue weighted by atomic mass is 9.98. The van der Waals surface area contributed by atoms with Gasteiger partial charge in [0.2, 0.25) is 0 Å². The highest BCUT2D eigenvalue weighted by Crippen LogP contribution is 2.33. The van der Waals surface area contributed by atoms with Crippen molar-refractivity contribution >= 4 is 11.6 Å². The minimum Gasteiger partial charge on any atom is -0.493 e. The van der Waals surface area contributed by atoms with Crippen molar-refractivity contribution in [2.24, 2.45) is 5.84 Å². The fraction of sp³-hybridized carbons (Fsp3) is 0.600. The second-order valence-corrected chi connectivity index (χ2v) is 5.78. The van der Waals surface area contributed by atoms with E-state index in [4.69, 9.17) is 26.9 Å². The minimum atomic E-state index is 0.194. The molecule has 20 heavy (non-hydrogen) atoms. The van der Waals surface area contributed by atoms with Crippen LogP contribution in [0.1, 0.15) is 30.9 Å². The molecule has 0 saturated heterocycles. The predicted molar refractivity (Wildman–Crippen MR) is 81.2 cm³/mol. The van der Waals surface area contributed by atoms with Gasteiger partial charge in [0.15, 0.2) is 0 Å². The van der Waals surface area contributed by atoms with Crippen molar-refractivity contribution in [3.05, 3.63) is 28.3 Å². The van der Waals surface area contributed by atoms with Crippen molar-refractivity contribution in [1.29, 1.82) is 0 Å². The number of nitrogens with one attached hydrogen (secondary N) is 1. The highest BCUT2D eigenvalue weighted by atomic mass is 35.5. The number of benzene rings is 1. The van der Waals surface area contributed by atoms with Crippen molar-refractivity contribution in [2.75, 3.05) is 13.7 Å². The second kappa shape index (κ2) is 7.27. The molecule has 5 heteroatoms. The van der Waals surface area contributed by atoms with Gasteiger partial charge in [-0.05, 0) is 49.4 Å². The van der Waals surface area contributed by atoms with Crippen LogP contribution in [0.5, 0.6) is 5.75 Å². The summed E-state index contributed by atoms with van der Waals surface area (Å²) in [5.41, 5.74) is 5.23. The Morgan fingerprint density at radius 2 is 2.25 bits per heavy atom. The molecule has 2 atom stereocenters. The van der Waals surface area contributed by atoms with Crippen LogP contribution in [0.15, 0.2) is 12.1 Å². The van der Waals surface area contributed by atoms with Gasteiger partial charge < -0.3 is 9.47 Å². The molecule has 0 fully saturated rings. The molecule has 0 spiro atoms. The molecule has 1 aromatic carbocycles. The maximum atomic E-state index is 6.18. The Morgan fingerprint density at radius 1 is 1.45 bits per heavy atom. The molecular formula is C15H23ClN2O2. The molecule has 0 radical (unpaired) electrons. The van der Waals surface area contributed by atoms with E-state index in [1.165, 1.54) is 5.56 Å². The third-order valence-electron chi connectivity index (χ3n) is 3.85. The van der Waals surface area contributed by atoms with E-state index in [-0.39, 0.29) is 12.1 Å². The third-order valence-corrected chi connectivity index (χ3v) is 4.07. The normalized spacial score (nSPS) is 16.6. The summed E-state index contributed by atoms with van der Waals surface area (Å²) in [5.74, 6) is 6.66. The quantitative estimate of drug-likeness (QED) is 0.600. The molecule has 0 bridgehead atoms. The van der Waals surface area contributed by atoms with Crippen LogP contribution in [0.2, 0.25) is 5.02 Å². The number of hydrogen-bond acceptors (Lipinski definition) is 4. The molecule has 112 valence electrons. The second-order valence-electron chi connectivity index (χ2n) is 5.34. The number of halogens is 1. The SMILES string of the molecule is COC(C)CCC(Cc1cc(Cl)cc2c1OCC2)NN. The first kappa shape index (κ1) is 15.6. The zero-order valence-corrected chi connectivity index (χ0v) is 12.9. The Morgan fingerprint density at radius 3 is 2.95 bits per heavy atom. The van der Waals surface area contributed by atoms with Gasteiger partial charge in [0.1, 0.15) is 5.75 Å². The van der Waals surface area contributed by atoms with Crippen molar-refractivity contribution in [1.82, 2.24) is 5.43 Å². The van der Waals surface area contributed by atoms with E-state index in [1.54, 1.807) is 7.11 Å². The summed E-state index contributed by atoms with van der Waals surface area (Å²) in [6.45, 7) is 2.80. The van der Waals surface area contributed by atoms with Crippen LogP contribution in [0.3, 0.4) is 0 Å². The van der Waals surface area contributed by atoms with Crippen LogP contribution in [0.4, 0.5) is 0 Å². The summed E-state index contributed by atoms with van der Waals surface area (Å²) in [7, 11) is 1.73. The first-order chi connectivity index (χ1) is 9.63. The maximum absolute atomic E-state index is 6.18. The van der Waals surface area contributed by atoms with Gasteiger partial charge in [0, 0.05) is 24.6 Å². The molecule has 2 rings (SSSR count). The molecule has 1 aliphatic heterocycles. The van der Waals surface area contributed by atoms with Crippen LogP contribution in [-0.2, 0) is 17.6 Å². The van der Waals surface area contributed by atoms with Crippen molar-refractivity contribution in [3.8, 4) is 5.75 Å². The van der Waals surface area contributed by atoms with E-state index in [0.717, 1.165) is 48.6 Å². The smallest absolute Gasteiger partial charge is 0.125 e. The molecular weight excluding hydrogens is 276 g/mol. The first-order valence-electron chi connectivity index (χ1n) is 7.07. The van der Waals surface area contributed by atoms with Gasteiger partial charge in [-0.3, -0.25) is 11.3 Å². The molecule has 0 aromatic heterocycles. The summed E-state index contributed by atoms with van der Waals surface area (Å²) in [6.07, 6.45) is 3.91. The zero-order chi connectivity index (χ0) is 14.5. The first-order valence-corrected chi connectivity index (χ1v) is 7.44. The number of hydrazine groups is 1. The van der Waals surface area contributed by atoms with Crippen LogP contribution >= 0.6 is 11.6 Å². The Labute approximate surface area is 125 Å². The predicted octanol–water partition coefficient (Wildman–Crippen LogP) is 2.46. The van der Waals surface area contributed by atoms with Crippen LogP contribution in [0, 0.1) is 0 Å². The van der Waals surface area contributed by atoms with Crippen LogP contribution in [-0.4, -0.2) is 25.9 Å². The van der Waals surface area contributed by atoms with Gasteiger partial charge in [0.25, 0.3) is 0 Å². The zero-order valence-electron chi connectivity index (χ0n) is 12.1. The van der Waals surface area contributed by atoms with Gasteiger partial charge in [0.05, 0.1) is 12.7 Å². The summed E-state index contributed by atoms with van der Waals surface area (Å²) in [4.78, 5) is 0. The number of methoxy groups -OCH3 is 1. The van der Waals surface area contributed by atoms with Gasteiger partial charge in [-0.1, -0.05) is 11.6 Å². The molecule has 1 aliphatic rings. The van der Waals surface area contributed by atoms with E-state index in [2.05, 4.69) is 12.3 Å². The lowest BCUT2D eigenvalue weighted by molar-refractivity contribution is 0.106. The Balaban J connectivity index is 2.04. The average Bonchev–Trinajstić information content (AvgIpc) is 2.90. The van der Waals surface area contributed by atoms with Crippen molar-refractivity contribution in [3.63, 3.8) is 0 Å². The summed E-state index contributed by atoms with van der Waals surface area (Å²) >= 11 is 6.18. The lowest BCUT2D eigenvalue weighted by Crippen LogP contribution is -2.37. The fourth-order valence-corrected chi connectivity index (χ4v) is 2.82. The number of rotatable bonds is 7. The number of ether oxygens (including phenoxy) is 2. The van der Waals surface area contributed by atoms with E-state index in [9.17, 15) is 0 Å². The fourth-order valence-electron chi connectivity index (χ4n) is 2.56.